The smallest absolute Gasteiger partial charge is 0.150 e. The zero-order valence-electron chi connectivity index (χ0n) is 12.0. The minimum atomic E-state index is 0.0187. The number of fused-ring (bicyclic) bond motifs is 1. The third kappa shape index (κ3) is 2.30. The van der Waals surface area contributed by atoms with Gasteiger partial charge in [0.05, 0.1) is 17.1 Å². The Morgan fingerprint density at radius 3 is 2.90 bits per heavy atom. The van der Waals surface area contributed by atoms with Gasteiger partial charge in [0, 0.05) is 18.2 Å². The van der Waals surface area contributed by atoms with Crippen molar-refractivity contribution >= 4 is 10.9 Å². The van der Waals surface area contributed by atoms with E-state index in [0.717, 1.165) is 35.9 Å². The van der Waals surface area contributed by atoms with Crippen LogP contribution in [0, 0.1) is 11.3 Å². The molecule has 0 N–H and O–H groups in total. The van der Waals surface area contributed by atoms with Gasteiger partial charge in [-0.1, -0.05) is 13.8 Å². The van der Waals surface area contributed by atoms with Gasteiger partial charge in [-0.2, -0.15) is 10.4 Å². The van der Waals surface area contributed by atoms with Gasteiger partial charge in [0.25, 0.3) is 0 Å². The lowest BCUT2D eigenvalue weighted by molar-refractivity contribution is -0.0390. The van der Waals surface area contributed by atoms with Crippen molar-refractivity contribution < 1.29 is 4.74 Å². The Morgan fingerprint density at radius 2 is 2.25 bits per heavy atom. The first kappa shape index (κ1) is 13.1. The first-order valence-corrected chi connectivity index (χ1v) is 7.23. The van der Waals surface area contributed by atoms with E-state index in [9.17, 15) is 5.26 Å². The summed E-state index contributed by atoms with van der Waals surface area (Å²) in [5.74, 6) is 0.391. The Balaban J connectivity index is 2.07. The van der Waals surface area contributed by atoms with Gasteiger partial charge in [-0.05, 0) is 42.9 Å². The molecule has 0 bridgehead atoms. The molecule has 1 atom stereocenters. The zero-order chi connectivity index (χ0) is 14.1. The van der Waals surface area contributed by atoms with Crippen molar-refractivity contribution in [3.8, 4) is 6.07 Å². The quantitative estimate of drug-likeness (QED) is 0.834. The van der Waals surface area contributed by atoms with Crippen LogP contribution in [0.5, 0.6) is 0 Å². The van der Waals surface area contributed by atoms with E-state index in [0.29, 0.717) is 11.5 Å². The Labute approximate surface area is 119 Å². The van der Waals surface area contributed by atoms with Crippen LogP contribution in [0.2, 0.25) is 0 Å². The summed E-state index contributed by atoms with van der Waals surface area (Å²) in [6.45, 7) is 5.05. The lowest BCUT2D eigenvalue weighted by Crippen LogP contribution is -2.18. The zero-order valence-corrected chi connectivity index (χ0v) is 12.0. The molecule has 0 spiro atoms. The van der Waals surface area contributed by atoms with Crippen molar-refractivity contribution in [1.82, 2.24) is 9.78 Å². The van der Waals surface area contributed by atoms with Gasteiger partial charge in [-0.15, -0.1) is 0 Å². The Morgan fingerprint density at radius 1 is 1.40 bits per heavy atom. The van der Waals surface area contributed by atoms with E-state index in [2.05, 4.69) is 31.1 Å². The van der Waals surface area contributed by atoms with Crippen molar-refractivity contribution in [2.45, 2.75) is 45.3 Å². The molecule has 104 valence electrons. The van der Waals surface area contributed by atoms with Crippen molar-refractivity contribution in [3.05, 3.63) is 29.5 Å². The summed E-state index contributed by atoms with van der Waals surface area (Å²) in [4.78, 5) is 0. The molecule has 0 aliphatic carbocycles. The predicted octanol–water partition coefficient (Wildman–Crippen LogP) is 3.73. The van der Waals surface area contributed by atoms with Crippen LogP contribution in [0.15, 0.2) is 18.3 Å². The minimum absolute atomic E-state index is 0.0187. The molecular formula is C16H19N3O. The number of rotatable bonds is 2. The molecule has 1 unspecified atom stereocenters. The topological polar surface area (TPSA) is 50.8 Å². The molecule has 1 aliphatic heterocycles. The third-order valence-corrected chi connectivity index (χ3v) is 3.90. The highest BCUT2D eigenvalue weighted by atomic mass is 16.5. The number of aromatic nitrogens is 2. The fourth-order valence-electron chi connectivity index (χ4n) is 2.67. The van der Waals surface area contributed by atoms with Crippen LogP contribution in [-0.4, -0.2) is 16.4 Å². The molecule has 2 heterocycles. The van der Waals surface area contributed by atoms with Crippen LogP contribution >= 0.6 is 0 Å². The summed E-state index contributed by atoms with van der Waals surface area (Å²) in [5.41, 5.74) is 2.75. The van der Waals surface area contributed by atoms with Crippen molar-refractivity contribution in [1.29, 1.82) is 5.26 Å². The normalized spacial score (nSPS) is 19.4. The molecule has 20 heavy (non-hydrogen) atoms. The average Bonchev–Trinajstić information content (AvgIpc) is 2.91. The molecule has 0 saturated carbocycles. The number of ether oxygens (including phenoxy) is 1. The van der Waals surface area contributed by atoms with Crippen LogP contribution in [0.1, 0.15) is 56.4 Å². The average molecular weight is 269 g/mol. The number of nitriles is 1. The van der Waals surface area contributed by atoms with Crippen molar-refractivity contribution in [2.75, 3.05) is 6.61 Å². The van der Waals surface area contributed by atoms with Gasteiger partial charge in [-0.3, -0.25) is 0 Å². The van der Waals surface area contributed by atoms with Crippen LogP contribution < -0.4 is 0 Å². The largest absolute Gasteiger partial charge is 0.357 e. The van der Waals surface area contributed by atoms with E-state index in [1.165, 1.54) is 6.42 Å². The highest BCUT2D eigenvalue weighted by molar-refractivity contribution is 5.85. The lowest BCUT2D eigenvalue weighted by Gasteiger charge is -2.22. The SMILES string of the molecule is CC(C)c1cc(C#N)c2cn(C3CCCCO3)nc2c1. The first-order chi connectivity index (χ1) is 9.69. The number of hydrogen-bond donors (Lipinski definition) is 0. The molecule has 0 radical (unpaired) electrons. The van der Waals surface area contributed by atoms with Crippen LogP contribution in [0.3, 0.4) is 0 Å². The molecule has 1 aliphatic rings. The van der Waals surface area contributed by atoms with Crippen molar-refractivity contribution in [3.63, 3.8) is 0 Å². The maximum Gasteiger partial charge on any atom is 0.150 e. The van der Waals surface area contributed by atoms with Gasteiger partial charge in [0.15, 0.2) is 0 Å². The van der Waals surface area contributed by atoms with Crippen LogP contribution in [-0.2, 0) is 4.74 Å². The van der Waals surface area contributed by atoms with Gasteiger partial charge in [-0.25, -0.2) is 4.68 Å². The molecule has 4 heteroatoms. The summed E-state index contributed by atoms with van der Waals surface area (Å²) >= 11 is 0. The van der Waals surface area contributed by atoms with E-state index in [1.54, 1.807) is 0 Å². The van der Waals surface area contributed by atoms with E-state index in [1.807, 2.05) is 16.9 Å². The molecule has 0 amide bonds. The molecule has 2 aromatic rings. The van der Waals surface area contributed by atoms with Gasteiger partial charge >= 0.3 is 0 Å². The molecule has 4 nitrogen and oxygen atoms in total. The highest BCUT2D eigenvalue weighted by Crippen LogP contribution is 2.28. The maximum atomic E-state index is 9.34. The van der Waals surface area contributed by atoms with E-state index < -0.39 is 0 Å². The Hall–Kier alpha value is -1.86. The summed E-state index contributed by atoms with van der Waals surface area (Å²) in [6, 6.07) is 6.34. The van der Waals surface area contributed by atoms with Gasteiger partial charge < -0.3 is 4.74 Å². The lowest BCUT2D eigenvalue weighted by atomic mass is 9.99. The molecule has 1 aromatic heterocycles. The summed E-state index contributed by atoms with van der Waals surface area (Å²) in [6.07, 6.45) is 5.26. The van der Waals surface area contributed by atoms with E-state index in [4.69, 9.17) is 4.74 Å². The van der Waals surface area contributed by atoms with Gasteiger partial charge in [0.2, 0.25) is 0 Å². The number of hydrogen-bond acceptors (Lipinski definition) is 3. The second-order valence-corrected chi connectivity index (χ2v) is 5.70. The van der Waals surface area contributed by atoms with E-state index in [-0.39, 0.29) is 6.23 Å². The maximum absolute atomic E-state index is 9.34. The fourth-order valence-corrected chi connectivity index (χ4v) is 2.67. The third-order valence-electron chi connectivity index (χ3n) is 3.90. The van der Waals surface area contributed by atoms with Crippen LogP contribution in [0.4, 0.5) is 0 Å². The summed E-state index contributed by atoms with van der Waals surface area (Å²) in [5, 5.41) is 14.9. The number of nitrogens with zero attached hydrogens (tertiary/aromatic N) is 3. The summed E-state index contributed by atoms with van der Waals surface area (Å²) in [7, 11) is 0. The number of benzene rings is 1. The van der Waals surface area contributed by atoms with Crippen molar-refractivity contribution in [2.24, 2.45) is 0 Å². The second-order valence-electron chi connectivity index (χ2n) is 5.70. The molecule has 1 fully saturated rings. The predicted molar refractivity (Wildman–Crippen MR) is 77.4 cm³/mol. The molecule has 1 aromatic carbocycles. The summed E-state index contributed by atoms with van der Waals surface area (Å²) < 4.78 is 7.65. The minimum Gasteiger partial charge on any atom is -0.357 e. The molecule has 1 saturated heterocycles. The highest BCUT2D eigenvalue weighted by Gasteiger charge is 2.18. The second kappa shape index (κ2) is 5.26. The molecule has 3 rings (SSSR count). The van der Waals surface area contributed by atoms with Crippen LogP contribution in [0.25, 0.3) is 10.9 Å². The standard InChI is InChI=1S/C16H19N3O/c1-11(2)12-7-13(9-17)14-10-19(18-15(14)8-12)16-5-3-4-6-20-16/h7-8,10-11,16H,3-6H2,1-2H3. The Bertz CT molecular complexity index is 660. The first-order valence-electron chi connectivity index (χ1n) is 7.23. The molecular weight excluding hydrogens is 250 g/mol. The van der Waals surface area contributed by atoms with Gasteiger partial charge in [0.1, 0.15) is 6.23 Å². The monoisotopic (exact) mass is 269 g/mol. The fraction of sp³-hybridized carbons (Fsp3) is 0.500. The van der Waals surface area contributed by atoms with E-state index >= 15 is 0 Å². The Kier molecular flexibility index (Phi) is 3.45.